The Morgan fingerprint density at radius 2 is 2.08 bits per heavy atom. The van der Waals surface area contributed by atoms with Crippen LogP contribution in [0.25, 0.3) is 0 Å². The number of hydrogen-bond donors (Lipinski definition) is 2. The van der Waals surface area contributed by atoms with Crippen LogP contribution in [0.5, 0.6) is 0 Å². The number of nitrogens with two attached hydrogens (primary N) is 1. The highest BCUT2D eigenvalue weighted by Crippen LogP contribution is 1.95. The Morgan fingerprint density at radius 1 is 1.58 bits per heavy atom. The normalized spacial score (nSPS) is 9.67. The Kier molecular flexibility index (Phi) is 4.06. The van der Waals surface area contributed by atoms with Gasteiger partial charge in [-0.3, -0.25) is 0 Å². The number of ether oxygens (including phenoxy) is 1. The van der Waals surface area contributed by atoms with E-state index in [4.69, 9.17) is 10.9 Å². The maximum atomic E-state index is 10.7. The third kappa shape index (κ3) is 3.77. The third-order valence-electron chi connectivity index (χ3n) is 0.943. The van der Waals surface area contributed by atoms with Crippen LogP contribution in [0.1, 0.15) is 13.8 Å². The summed E-state index contributed by atoms with van der Waals surface area (Å²) in [5, 5.41) is 8.22. The van der Waals surface area contributed by atoms with E-state index in [1.165, 1.54) is 0 Å². The van der Waals surface area contributed by atoms with Crippen LogP contribution in [0.4, 0.5) is 9.59 Å². The Labute approximate surface area is 69.9 Å². The SMILES string of the molecule is CC(C)COC(=O)N(N)C(=O)O. The first-order chi connectivity index (χ1) is 5.45. The van der Waals surface area contributed by atoms with Gasteiger partial charge in [-0.1, -0.05) is 13.8 Å². The van der Waals surface area contributed by atoms with Crippen LogP contribution < -0.4 is 5.84 Å². The molecular weight excluding hydrogens is 164 g/mol. The van der Waals surface area contributed by atoms with Crippen LogP contribution in [0.2, 0.25) is 0 Å². The van der Waals surface area contributed by atoms with Crippen LogP contribution in [-0.4, -0.2) is 28.9 Å². The van der Waals surface area contributed by atoms with Gasteiger partial charge in [0.2, 0.25) is 0 Å². The molecule has 0 unspecified atom stereocenters. The maximum Gasteiger partial charge on any atom is 0.434 e. The number of carbonyl (C=O) groups is 2. The summed E-state index contributed by atoms with van der Waals surface area (Å²) in [5.74, 6) is 4.95. The number of hydrazine groups is 1. The summed E-state index contributed by atoms with van der Waals surface area (Å²) in [5.41, 5.74) is 0. The van der Waals surface area contributed by atoms with Crippen molar-refractivity contribution in [2.75, 3.05) is 6.61 Å². The first kappa shape index (κ1) is 10.7. The van der Waals surface area contributed by atoms with Crippen molar-refractivity contribution in [3.05, 3.63) is 0 Å². The average molecular weight is 176 g/mol. The van der Waals surface area contributed by atoms with Gasteiger partial charge < -0.3 is 9.84 Å². The second-order valence-electron chi connectivity index (χ2n) is 2.62. The van der Waals surface area contributed by atoms with Crippen LogP contribution >= 0.6 is 0 Å². The van der Waals surface area contributed by atoms with E-state index in [-0.39, 0.29) is 17.5 Å². The van der Waals surface area contributed by atoms with Crippen LogP contribution in [0.3, 0.4) is 0 Å². The zero-order valence-corrected chi connectivity index (χ0v) is 6.98. The number of imide groups is 1. The van der Waals surface area contributed by atoms with E-state index in [1.807, 2.05) is 13.8 Å². The lowest BCUT2D eigenvalue weighted by molar-refractivity contribution is 0.0865. The fourth-order valence-corrected chi connectivity index (χ4v) is 0.386. The number of rotatable bonds is 2. The molecule has 0 aromatic rings. The van der Waals surface area contributed by atoms with Gasteiger partial charge in [0.05, 0.1) is 6.61 Å². The zero-order valence-electron chi connectivity index (χ0n) is 6.98. The van der Waals surface area contributed by atoms with E-state index in [0.717, 1.165) is 0 Å². The second-order valence-corrected chi connectivity index (χ2v) is 2.62. The summed E-state index contributed by atoms with van der Waals surface area (Å²) in [7, 11) is 0. The molecule has 0 fully saturated rings. The molecule has 0 heterocycles. The minimum absolute atomic E-state index is 0.00236. The molecule has 2 amide bonds. The predicted molar refractivity (Wildman–Crippen MR) is 40.2 cm³/mol. The molecule has 0 spiro atoms. The number of carbonyl (C=O) groups excluding carboxylic acids is 1. The van der Waals surface area contributed by atoms with E-state index >= 15 is 0 Å². The van der Waals surface area contributed by atoms with Gasteiger partial charge in [-0.2, -0.15) is 0 Å². The number of hydrogen-bond acceptors (Lipinski definition) is 4. The standard InChI is InChI=1S/C6H12N2O4/c1-4(2)3-12-6(11)8(7)5(9)10/h4H,3,7H2,1-2H3,(H,9,10). The average Bonchev–Trinajstić information content (AvgIpc) is 1.98. The molecule has 0 aliphatic heterocycles. The summed E-state index contributed by atoms with van der Waals surface area (Å²) in [4.78, 5) is 20.8. The smallest absolute Gasteiger partial charge is 0.434 e. The van der Waals surface area contributed by atoms with Crippen LogP contribution in [0.15, 0.2) is 0 Å². The molecule has 0 aliphatic rings. The first-order valence-corrected chi connectivity index (χ1v) is 3.39. The van der Waals surface area contributed by atoms with Crippen LogP contribution in [0, 0.1) is 5.92 Å². The largest absolute Gasteiger partial charge is 0.464 e. The monoisotopic (exact) mass is 176 g/mol. The fourth-order valence-electron chi connectivity index (χ4n) is 0.386. The topological polar surface area (TPSA) is 92.9 Å². The second kappa shape index (κ2) is 4.55. The highest BCUT2D eigenvalue weighted by atomic mass is 16.6. The number of nitrogens with zero attached hydrogens (tertiary/aromatic N) is 1. The predicted octanol–water partition coefficient (Wildman–Crippen LogP) is 0.633. The van der Waals surface area contributed by atoms with Crippen molar-refractivity contribution in [3.63, 3.8) is 0 Å². The Morgan fingerprint density at radius 3 is 2.42 bits per heavy atom. The van der Waals surface area contributed by atoms with Gasteiger partial charge >= 0.3 is 12.2 Å². The Balaban J connectivity index is 3.80. The third-order valence-corrected chi connectivity index (χ3v) is 0.943. The van der Waals surface area contributed by atoms with E-state index in [2.05, 4.69) is 4.74 Å². The lowest BCUT2D eigenvalue weighted by Gasteiger charge is -2.11. The molecule has 6 nitrogen and oxygen atoms in total. The fraction of sp³-hybridized carbons (Fsp3) is 0.667. The van der Waals surface area contributed by atoms with Crippen molar-refractivity contribution in [2.45, 2.75) is 13.8 Å². The van der Waals surface area contributed by atoms with Gasteiger partial charge in [0.1, 0.15) is 0 Å². The summed E-state index contributed by atoms with van der Waals surface area (Å²) in [6.07, 6.45) is -2.60. The van der Waals surface area contributed by atoms with Crippen molar-refractivity contribution in [3.8, 4) is 0 Å². The summed E-state index contributed by atoms with van der Waals surface area (Å²) in [6, 6.07) is 0. The lowest BCUT2D eigenvalue weighted by atomic mass is 10.2. The molecular formula is C6H12N2O4. The molecule has 0 saturated heterocycles. The Hall–Kier alpha value is -1.30. The van der Waals surface area contributed by atoms with Gasteiger partial charge in [-0.05, 0) is 5.92 Å². The number of amides is 2. The molecule has 0 radical (unpaired) electrons. The van der Waals surface area contributed by atoms with E-state index in [0.29, 0.717) is 0 Å². The molecule has 0 aromatic carbocycles. The quantitative estimate of drug-likeness (QED) is 0.365. The van der Waals surface area contributed by atoms with Gasteiger partial charge in [0.25, 0.3) is 0 Å². The van der Waals surface area contributed by atoms with Crippen LogP contribution in [-0.2, 0) is 4.74 Å². The van der Waals surface area contributed by atoms with Crippen molar-refractivity contribution in [1.29, 1.82) is 0 Å². The number of carboxylic acid groups (broad SMARTS) is 1. The summed E-state index contributed by atoms with van der Waals surface area (Å²) >= 11 is 0. The van der Waals surface area contributed by atoms with Gasteiger partial charge in [-0.15, -0.1) is 5.01 Å². The van der Waals surface area contributed by atoms with E-state index in [9.17, 15) is 9.59 Å². The molecule has 0 saturated carbocycles. The van der Waals surface area contributed by atoms with Gasteiger partial charge in [0.15, 0.2) is 0 Å². The minimum atomic E-state index is -1.54. The van der Waals surface area contributed by atoms with Gasteiger partial charge in [-0.25, -0.2) is 15.4 Å². The molecule has 0 atom stereocenters. The molecule has 0 rings (SSSR count). The summed E-state index contributed by atoms with van der Waals surface area (Å²) in [6.45, 7) is 3.81. The summed E-state index contributed by atoms with van der Waals surface area (Å²) < 4.78 is 4.51. The van der Waals surface area contributed by atoms with E-state index < -0.39 is 12.2 Å². The lowest BCUT2D eigenvalue weighted by Crippen LogP contribution is -2.42. The first-order valence-electron chi connectivity index (χ1n) is 3.39. The minimum Gasteiger partial charge on any atom is -0.464 e. The van der Waals surface area contributed by atoms with Gasteiger partial charge in [0, 0.05) is 0 Å². The molecule has 12 heavy (non-hydrogen) atoms. The highest BCUT2D eigenvalue weighted by Gasteiger charge is 2.17. The van der Waals surface area contributed by atoms with Crippen molar-refractivity contribution in [1.82, 2.24) is 5.01 Å². The van der Waals surface area contributed by atoms with Crippen molar-refractivity contribution in [2.24, 2.45) is 11.8 Å². The Bertz CT molecular complexity index is 180. The molecule has 0 aromatic heterocycles. The molecule has 70 valence electrons. The van der Waals surface area contributed by atoms with Crippen molar-refractivity contribution < 1.29 is 19.4 Å². The highest BCUT2D eigenvalue weighted by molar-refractivity contribution is 5.85. The molecule has 3 N–H and O–H groups in total. The zero-order chi connectivity index (χ0) is 9.72. The molecule has 0 aliphatic carbocycles. The van der Waals surface area contributed by atoms with Crippen molar-refractivity contribution >= 4 is 12.2 Å². The molecule has 0 bridgehead atoms. The maximum absolute atomic E-state index is 10.7. The van der Waals surface area contributed by atoms with E-state index in [1.54, 1.807) is 0 Å². The molecule has 6 heteroatoms.